The molecule has 0 amide bonds. The van der Waals surface area contributed by atoms with Gasteiger partial charge in [0.15, 0.2) is 0 Å². The van der Waals surface area contributed by atoms with Crippen LogP contribution in [0.15, 0.2) is 42.5 Å². The number of aryl methyl sites for hydroxylation is 2. The lowest BCUT2D eigenvalue weighted by Gasteiger charge is -2.18. The Morgan fingerprint density at radius 1 is 1.04 bits per heavy atom. The fraction of sp³-hybridized carbons (Fsp3) is 0.318. The third-order valence-electron chi connectivity index (χ3n) is 4.80. The van der Waals surface area contributed by atoms with E-state index in [2.05, 4.69) is 41.4 Å². The Balaban J connectivity index is 1.97. The fourth-order valence-electron chi connectivity index (χ4n) is 3.79. The summed E-state index contributed by atoms with van der Waals surface area (Å²) in [5, 5.41) is 10.7. The molecule has 0 fully saturated rings. The molecule has 1 aromatic carbocycles. The maximum Gasteiger partial charge on any atom is 0.225 e. The molecule has 0 atom stereocenters. The second-order valence-corrected chi connectivity index (χ2v) is 7.81. The number of fused-ring (bicyclic) bond motifs is 1. The minimum atomic E-state index is 0.263. The Kier molecular flexibility index (Phi) is 4.73. The average Bonchev–Trinajstić information content (AvgIpc) is 3.04. The lowest BCUT2D eigenvalue weighted by Crippen LogP contribution is -2.30. The zero-order valence-electron chi connectivity index (χ0n) is 16.8. The lowest BCUT2D eigenvalue weighted by molar-refractivity contribution is 0.265. The molecule has 3 heterocycles. The quantitative estimate of drug-likeness (QED) is 0.725. The number of anilines is 1. The van der Waals surface area contributed by atoms with Crippen LogP contribution in [0.4, 0.5) is 5.82 Å². The molecule has 0 radical (unpaired) electrons. The molecule has 0 saturated carbocycles. The highest BCUT2D eigenvalue weighted by atomic mass is 15.6. The molecule has 1 aliphatic heterocycles. The van der Waals surface area contributed by atoms with Crippen molar-refractivity contribution in [3.05, 3.63) is 59.5 Å². The van der Waals surface area contributed by atoms with Crippen LogP contribution in [-0.4, -0.2) is 26.1 Å². The summed E-state index contributed by atoms with van der Waals surface area (Å²) >= 11 is 0. The lowest BCUT2D eigenvalue weighted by atomic mass is 9.99. The van der Waals surface area contributed by atoms with Gasteiger partial charge in [-0.05, 0) is 37.5 Å². The highest BCUT2D eigenvalue weighted by Crippen LogP contribution is 2.38. The SMILES string of the molecule is Cc1cc(-c2c(-c3ccccc3)nc(=N)n3c2NN(CC(C)C)C3)cc(C)n1. The van der Waals surface area contributed by atoms with E-state index >= 15 is 0 Å². The predicted octanol–water partition coefficient (Wildman–Crippen LogP) is 3.96. The van der Waals surface area contributed by atoms with E-state index < -0.39 is 0 Å². The van der Waals surface area contributed by atoms with Gasteiger partial charge in [-0.3, -0.25) is 15.0 Å². The van der Waals surface area contributed by atoms with Gasteiger partial charge in [-0.2, -0.15) is 0 Å². The Labute approximate surface area is 165 Å². The number of hydrazine groups is 1. The third kappa shape index (κ3) is 3.43. The van der Waals surface area contributed by atoms with Crippen LogP contribution in [0.2, 0.25) is 0 Å². The first-order valence-electron chi connectivity index (χ1n) is 9.64. The molecule has 28 heavy (non-hydrogen) atoms. The number of hydrogen-bond acceptors (Lipinski definition) is 5. The first-order valence-corrected chi connectivity index (χ1v) is 9.64. The fourth-order valence-corrected chi connectivity index (χ4v) is 3.79. The average molecular weight is 374 g/mol. The molecule has 0 bridgehead atoms. The molecule has 0 aliphatic carbocycles. The second-order valence-electron chi connectivity index (χ2n) is 7.81. The van der Waals surface area contributed by atoms with Gasteiger partial charge in [0, 0.05) is 23.5 Å². The van der Waals surface area contributed by atoms with Crippen LogP contribution in [0.5, 0.6) is 0 Å². The molecular weight excluding hydrogens is 348 g/mol. The van der Waals surface area contributed by atoms with E-state index in [1.165, 1.54) is 0 Å². The number of benzene rings is 1. The van der Waals surface area contributed by atoms with Crippen LogP contribution in [0.1, 0.15) is 25.2 Å². The van der Waals surface area contributed by atoms with E-state index in [1.54, 1.807) is 0 Å². The third-order valence-corrected chi connectivity index (χ3v) is 4.80. The summed E-state index contributed by atoms with van der Waals surface area (Å²) in [6.45, 7) is 9.93. The molecule has 4 rings (SSSR count). The summed E-state index contributed by atoms with van der Waals surface area (Å²) in [6.07, 6.45) is 0. The van der Waals surface area contributed by atoms with Crippen molar-refractivity contribution in [2.24, 2.45) is 5.92 Å². The maximum absolute atomic E-state index is 8.53. The molecule has 3 aromatic rings. The summed E-state index contributed by atoms with van der Waals surface area (Å²) in [5.41, 5.74) is 9.66. The van der Waals surface area contributed by atoms with Crippen molar-refractivity contribution < 1.29 is 0 Å². The van der Waals surface area contributed by atoms with Crippen molar-refractivity contribution in [3.8, 4) is 22.4 Å². The highest BCUT2D eigenvalue weighted by Gasteiger charge is 2.26. The van der Waals surface area contributed by atoms with Gasteiger partial charge in [0.2, 0.25) is 5.62 Å². The molecule has 0 unspecified atom stereocenters. The van der Waals surface area contributed by atoms with Gasteiger partial charge < -0.3 is 5.43 Å². The molecule has 0 spiro atoms. The summed E-state index contributed by atoms with van der Waals surface area (Å²) in [5.74, 6) is 1.44. The first kappa shape index (κ1) is 18.4. The van der Waals surface area contributed by atoms with Gasteiger partial charge in [-0.1, -0.05) is 44.2 Å². The number of aromatic nitrogens is 3. The van der Waals surface area contributed by atoms with E-state index in [0.29, 0.717) is 12.6 Å². The minimum Gasteiger partial charge on any atom is -0.302 e. The van der Waals surface area contributed by atoms with Crippen molar-refractivity contribution >= 4 is 5.82 Å². The monoisotopic (exact) mass is 374 g/mol. The van der Waals surface area contributed by atoms with Gasteiger partial charge in [0.05, 0.1) is 17.9 Å². The number of pyridine rings is 1. The van der Waals surface area contributed by atoms with Gasteiger partial charge >= 0.3 is 0 Å². The first-order chi connectivity index (χ1) is 13.4. The second kappa shape index (κ2) is 7.20. The summed E-state index contributed by atoms with van der Waals surface area (Å²) < 4.78 is 1.94. The van der Waals surface area contributed by atoms with Gasteiger partial charge in [-0.25, -0.2) is 9.99 Å². The Morgan fingerprint density at radius 2 is 1.71 bits per heavy atom. The zero-order chi connectivity index (χ0) is 19.8. The van der Waals surface area contributed by atoms with Crippen molar-refractivity contribution in [1.82, 2.24) is 19.5 Å². The van der Waals surface area contributed by atoms with Gasteiger partial charge in [-0.15, -0.1) is 0 Å². The minimum absolute atomic E-state index is 0.263. The van der Waals surface area contributed by atoms with Crippen LogP contribution in [0.3, 0.4) is 0 Å². The largest absolute Gasteiger partial charge is 0.302 e. The van der Waals surface area contributed by atoms with Crippen LogP contribution in [-0.2, 0) is 6.67 Å². The molecular formula is C22H26N6. The number of nitrogens with one attached hydrogen (secondary N) is 2. The van der Waals surface area contributed by atoms with E-state index in [4.69, 9.17) is 10.4 Å². The number of rotatable bonds is 4. The van der Waals surface area contributed by atoms with Crippen LogP contribution < -0.4 is 11.0 Å². The molecule has 1 aliphatic rings. The normalized spacial score (nSPS) is 13.6. The topological polar surface area (TPSA) is 69.8 Å². The Hall–Kier alpha value is -2.99. The molecule has 6 nitrogen and oxygen atoms in total. The Bertz CT molecular complexity index is 1050. The smallest absolute Gasteiger partial charge is 0.225 e. The standard InChI is InChI=1S/C22H26N6/c1-14(2)12-27-13-28-21(26-27)19(18-10-15(3)24-16(4)11-18)20(25-22(28)23)17-8-6-5-7-9-17/h5-11,14,23,26H,12-13H2,1-4H3. The van der Waals surface area contributed by atoms with E-state index in [9.17, 15) is 0 Å². The number of nitrogens with zero attached hydrogens (tertiary/aromatic N) is 4. The highest BCUT2D eigenvalue weighted by molar-refractivity contribution is 5.88. The van der Waals surface area contributed by atoms with Crippen molar-refractivity contribution in [1.29, 1.82) is 5.41 Å². The summed E-state index contributed by atoms with van der Waals surface area (Å²) in [4.78, 5) is 9.24. The summed E-state index contributed by atoms with van der Waals surface area (Å²) in [6, 6.07) is 14.3. The molecule has 144 valence electrons. The number of hydrogen-bond donors (Lipinski definition) is 2. The predicted molar refractivity (Wildman–Crippen MR) is 111 cm³/mol. The van der Waals surface area contributed by atoms with E-state index in [1.807, 2.05) is 48.7 Å². The van der Waals surface area contributed by atoms with Gasteiger partial charge in [0.25, 0.3) is 0 Å². The zero-order valence-corrected chi connectivity index (χ0v) is 16.8. The summed E-state index contributed by atoms with van der Waals surface area (Å²) in [7, 11) is 0. The van der Waals surface area contributed by atoms with Crippen LogP contribution >= 0.6 is 0 Å². The van der Waals surface area contributed by atoms with E-state index in [0.717, 1.165) is 46.1 Å². The molecule has 2 aromatic heterocycles. The molecule has 2 N–H and O–H groups in total. The Morgan fingerprint density at radius 3 is 2.36 bits per heavy atom. The maximum atomic E-state index is 8.53. The molecule has 6 heteroatoms. The van der Waals surface area contributed by atoms with Crippen molar-refractivity contribution in [3.63, 3.8) is 0 Å². The van der Waals surface area contributed by atoms with Gasteiger partial charge in [0.1, 0.15) is 5.82 Å². The van der Waals surface area contributed by atoms with E-state index in [-0.39, 0.29) is 5.62 Å². The van der Waals surface area contributed by atoms with Crippen molar-refractivity contribution in [2.75, 3.05) is 12.0 Å². The van der Waals surface area contributed by atoms with Crippen LogP contribution in [0, 0.1) is 25.2 Å². The molecule has 0 saturated heterocycles. The van der Waals surface area contributed by atoms with Crippen LogP contribution in [0.25, 0.3) is 22.4 Å². The van der Waals surface area contributed by atoms with Crippen molar-refractivity contribution in [2.45, 2.75) is 34.4 Å².